The normalized spacial score (nSPS) is 10.2. The highest BCUT2D eigenvalue weighted by Crippen LogP contribution is 2.12. The number of hydrogen-bond acceptors (Lipinski definition) is 3. The molecule has 0 saturated heterocycles. The fourth-order valence-electron chi connectivity index (χ4n) is 1.31. The van der Waals surface area contributed by atoms with Gasteiger partial charge in [0.1, 0.15) is 11.8 Å². The molecule has 0 spiro atoms. The van der Waals surface area contributed by atoms with Crippen LogP contribution in [-0.4, -0.2) is 31.3 Å². The number of rotatable bonds is 5. The van der Waals surface area contributed by atoms with Crippen molar-refractivity contribution in [2.45, 2.75) is 40.2 Å². The number of aliphatic carboxylic acids is 1. The monoisotopic (exact) mass is 269 g/mol. The van der Waals surface area contributed by atoms with Crippen molar-refractivity contribution in [3.05, 3.63) is 29.8 Å². The molecule has 0 aliphatic rings. The Kier molecular flexibility index (Phi) is 13.4. The predicted octanol–water partition coefficient (Wildman–Crippen LogP) is 2.96. The van der Waals surface area contributed by atoms with Crippen molar-refractivity contribution in [3.8, 4) is 5.75 Å². The summed E-state index contributed by atoms with van der Waals surface area (Å²) in [7, 11) is 3.24. The second-order valence-electron chi connectivity index (χ2n) is 3.23. The Morgan fingerprint density at radius 1 is 1.21 bits per heavy atom. The van der Waals surface area contributed by atoms with Crippen LogP contribution in [0.25, 0.3) is 0 Å². The summed E-state index contributed by atoms with van der Waals surface area (Å²) in [6.45, 7) is 8.00. The lowest BCUT2D eigenvalue weighted by molar-refractivity contribution is -0.139. The molecular weight excluding hydrogens is 242 g/mol. The molecule has 0 bridgehead atoms. The van der Waals surface area contributed by atoms with Crippen molar-refractivity contribution in [2.75, 3.05) is 14.2 Å². The standard InChI is InChI=1S/C11H15NO3.2C2H6/c1-12-10(11(13)14)7-8-3-5-9(15-2)6-4-8;2*1-2/h3-6,10,12H,7H2,1-2H3,(H,13,14);2*1-2H3. The number of carbonyl (C=O) groups is 1. The van der Waals surface area contributed by atoms with Crippen molar-refractivity contribution in [1.29, 1.82) is 0 Å². The molecule has 0 fully saturated rings. The van der Waals surface area contributed by atoms with E-state index in [9.17, 15) is 4.79 Å². The first-order valence-corrected chi connectivity index (χ1v) is 6.70. The maximum absolute atomic E-state index is 10.8. The lowest BCUT2D eigenvalue weighted by Crippen LogP contribution is -2.35. The first kappa shape index (κ1) is 19.8. The third-order valence-electron chi connectivity index (χ3n) is 2.25. The summed E-state index contributed by atoms with van der Waals surface area (Å²) in [5, 5.41) is 11.6. The molecule has 0 amide bonds. The lowest BCUT2D eigenvalue weighted by Gasteiger charge is -2.11. The van der Waals surface area contributed by atoms with Crippen LogP contribution >= 0.6 is 0 Å². The van der Waals surface area contributed by atoms with E-state index in [0.29, 0.717) is 6.42 Å². The van der Waals surface area contributed by atoms with Crippen LogP contribution in [-0.2, 0) is 11.2 Å². The zero-order chi connectivity index (χ0) is 15.3. The van der Waals surface area contributed by atoms with E-state index in [4.69, 9.17) is 9.84 Å². The molecular formula is C15H27NO3. The Morgan fingerprint density at radius 3 is 2.00 bits per heavy atom. The second-order valence-corrected chi connectivity index (χ2v) is 3.23. The van der Waals surface area contributed by atoms with Crippen molar-refractivity contribution in [3.63, 3.8) is 0 Å². The van der Waals surface area contributed by atoms with E-state index < -0.39 is 12.0 Å². The van der Waals surface area contributed by atoms with Crippen LogP contribution in [0, 0.1) is 0 Å². The third-order valence-corrected chi connectivity index (χ3v) is 2.25. The van der Waals surface area contributed by atoms with Gasteiger partial charge < -0.3 is 15.2 Å². The molecule has 0 saturated carbocycles. The van der Waals surface area contributed by atoms with Gasteiger partial charge in [0.25, 0.3) is 0 Å². The molecule has 0 aliphatic carbocycles. The van der Waals surface area contributed by atoms with Gasteiger partial charge in [-0.05, 0) is 31.2 Å². The molecule has 1 unspecified atom stereocenters. The SMILES string of the molecule is CC.CC.CNC(Cc1ccc(OC)cc1)C(=O)O. The predicted molar refractivity (Wildman–Crippen MR) is 79.9 cm³/mol. The van der Waals surface area contributed by atoms with E-state index in [2.05, 4.69) is 5.32 Å². The Hall–Kier alpha value is -1.55. The van der Waals surface area contributed by atoms with Gasteiger partial charge in [0.2, 0.25) is 0 Å². The molecule has 1 rings (SSSR count). The molecule has 0 radical (unpaired) electrons. The van der Waals surface area contributed by atoms with Crippen LogP contribution in [0.5, 0.6) is 5.75 Å². The third kappa shape index (κ3) is 8.21. The first-order valence-electron chi connectivity index (χ1n) is 6.70. The summed E-state index contributed by atoms with van der Waals surface area (Å²) in [4.78, 5) is 10.8. The number of methoxy groups -OCH3 is 1. The zero-order valence-corrected chi connectivity index (χ0v) is 12.9. The van der Waals surface area contributed by atoms with E-state index in [1.807, 2.05) is 52.0 Å². The van der Waals surface area contributed by atoms with Crippen molar-refractivity contribution >= 4 is 5.97 Å². The Labute approximate surface area is 116 Å². The number of carboxylic acids is 1. The van der Waals surface area contributed by atoms with Crippen LogP contribution in [0.4, 0.5) is 0 Å². The van der Waals surface area contributed by atoms with Crippen LogP contribution in [0.15, 0.2) is 24.3 Å². The molecule has 1 atom stereocenters. The van der Waals surface area contributed by atoms with Gasteiger partial charge in [-0.3, -0.25) is 4.79 Å². The molecule has 110 valence electrons. The van der Waals surface area contributed by atoms with Crippen LogP contribution in [0.1, 0.15) is 33.3 Å². The molecule has 2 N–H and O–H groups in total. The highest BCUT2D eigenvalue weighted by atomic mass is 16.5. The Balaban J connectivity index is 0. The van der Waals surface area contributed by atoms with E-state index in [0.717, 1.165) is 11.3 Å². The summed E-state index contributed by atoms with van der Waals surface area (Å²) in [5.74, 6) is -0.0663. The molecule has 0 aliphatic heterocycles. The minimum Gasteiger partial charge on any atom is -0.497 e. The smallest absolute Gasteiger partial charge is 0.321 e. The summed E-state index contributed by atoms with van der Waals surface area (Å²) >= 11 is 0. The van der Waals surface area contributed by atoms with Crippen LogP contribution in [0.2, 0.25) is 0 Å². The number of likely N-dealkylation sites (N-methyl/N-ethyl adjacent to an activating group) is 1. The van der Waals surface area contributed by atoms with Crippen molar-refractivity contribution < 1.29 is 14.6 Å². The molecule has 4 nitrogen and oxygen atoms in total. The fourth-order valence-corrected chi connectivity index (χ4v) is 1.31. The first-order chi connectivity index (χ1) is 9.17. The van der Waals surface area contributed by atoms with Gasteiger partial charge in [0.15, 0.2) is 0 Å². The molecule has 0 aromatic heterocycles. The summed E-state index contributed by atoms with van der Waals surface area (Å²) in [5.41, 5.74) is 0.970. The number of ether oxygens (including phenoxy) is 1. The average molecular weight is 269 g/mol. The second kappa shape index (κ2) is 12.9. The molecule has 0 heterocycles. The van der Waals surface area contributed by atoms with Gasteiger partial charge in [-0.25, -0.2) is 0 Å². The summed E-state index contributed by atoms with van der Waals surface area (Å²) < 4.78 is 5.02. The topological polar surface area (TPSA) is 58.6 Å². The molecule has 19 heavy (non-hydrogen) atoms. The van der Waals surface area contributed by atoms with Gasteiger partial charge in [-0.15, -0.1) is 0 Å². The maximum atomic E-state index is 10.8. The lowest BCUT2D eigenvalue weighted by atomic mass is 10.1. The van der Waals surface area contributed by atoms with Gasteiger partial charge in [-0.1, -0.05) is 39.8 Å². The number of carboxylic acid groups (broad SMARTS) is 1. The van der Waals surface area contributed by atoms with Gasteiger partial charge in [0.05, 0.1) is 7.11 Å². The minimum absolute atomic E-state index is 0.468. The highest BCUT2D eigenvalue weighted by Gasteiger charge is 2.14. The van der Waals surface area contributed by atoms with Crippen molar-refractivity contribution in [2.24, 2.45) is 0 Å². The van der Waals surface area contributed by atoms with Crippen molar-refractivity contribution in [1.82, 2.24) is 5.32 Å². The molecule has 4 heteroatoms. The molecule has 1 aromatic carbocycles. The number of benzene rings is 1. The fraction of sp³-hybridized carbons (Fsp3) is 0.533. The zero-order valence-electron chi connectivity index (χ0n) is 12.9. The van der Waals surface area contributed by atoms with E-state index in [1.165, 1.54) is 0 Å². The quantitative estimate of drug-likeness (QED) is 0.863. The summed E-state index contributed by atoms with van der Waals surface area (Å²) in [6, 6.07) is 6.84. The molecule has 1 aromatic rings. The van der Waals surface area contributed by atoms with E-state index in [-0.39, 0.29) is 0 Å². The van der Waals surface area contributed by atoms with Gasteiger partial charge >= 0.3 is 5.97 Å². The largest absolute Gasteiger partial charge is 0.497 e. The van der Waals surface area contributed by atoms with Gasteiger partial charge in [-0.2, -0.15) is 0 Å². The van der Waals surface area contributed by atoms with Crippen LogP contribution < -0.4 is 10.1 Å². The average Bonchev–Trinajstić information content (AvgIpc) is 2.49. The van der Waals surface area contributed by atoms with Crippen LogP contribution in [0.3, 0.4) is 0 Å². The highest BCUT2D eigenvalue weighted by molar-refractivity contribution is 5.73. The maximum Gasteiger partial charge on any atom is 0.321 e. The summed E-state index contributed by atoms with van der Waals surface area (Å²) in [6.07, 6.45) is 0.468. The number of hydrogen-bond donors (Lipinski definition) is 2. The Morgan fingerprint density at radius 2 is 1.68 bits per heavy atom. The van der Waals surface area contributed by atoms with Gasteiger partial charge in [0, 0.05) is 0 Å². The minimum atomic E-state index is -0.840. The van der Waals surface area contributed by atoms with E-state index >= 15 is 0 Å². The van der Waals surface area contributed by atoms with E-state index in [1.54, 1.807) is 14.2 Å². The Bertz CT molecular complexity index is 323. The number of nitrogens with one attached hydrogen (secondary N) is 1.